The quantitative estimate of drug-likeness (QED) is 0.202. The highest BCUT2D eigenvalue weighted by Crippen LogP contribution is 2.47. The van der Waals surface area contributed by atoms with Crippen LogP contribution in [0.4, 0.5) is 17.6 Å². The predicted molar refractivity (Wildman–Crippen MR) is 163 cm³/mol. The summed E-state index contributed by atoms with van der Waals surface area (Å²) < 4.78 is 65.5. The topological polar surface area (TPSA) is 132 Å². The Balaban J connectivity index is 1.42. The van der Waals surface area contributed by atoms with Gasteiger partial charge in [0.1, 0.15) is 35.0 Å². The van der Waals surface area contributed by atoms with E-state index in [9.17, 15) is 32.3 Å². The van der Waals surface area contributed by atoms with Crippen molar-refractivity contribution in [2.24, 2.45) is 5.73 Å². The molecule has 4 N–H and O–H groups in total. The van der Waals surface area contributed by atoms with Crippen molar-refractivity contribution in [1.29, 1.82) is 0 Å². The van der Waals surface area contributed by atoms with Gasteiger partial charge in [-0.15, -0.1) is 0 Å². The SMILES string of the molecule is C[C@]1(C(N)=O)COc2c1cc(C(O)(CNC(=O)c1cn(-c3ccccc3)nc1-c1ccccc1)C(F)(F)F)nc2-c1ccc(F)cc1. The van der Waals surface area contributed by atoms with Gasteiger partial charge in [0.25, 0.3) is 5.91 Å². The normalized spacial score (nSPS) is 17.0. The van der Waals surface area contributed by atoms with Crippen molar-refractivity contribution in [3.63, 3.8) is 0 Å². The van der Waals surface area contributed by atoms with E-state index < -0.39 is 47.1 Å². The molecule has 0 bridgehead atoms. The molecule has 6 rings (SSSR count). The van der Waals surface area contributed by atoms with E-state index in [-0.39, 0.29) is 40.4 Å². The highest BCUT2D eigenvalue weighted by molar-refractivity contribution is 6.00. The Kier molecular flexibility index (Phi) is 7.80. The number of nitrogens with two attached hydrogens (primary N) is 1. The summed E-state index contributed by atoms with van der Waals surface area (Å²) in [5, 5.41) is 18.1. The maximum atomic E-state index is 14.9. The van der Waals surface area contributed by atoms with E-state index in [1.165, 1.54) is 29.9 Å². The van der Waals surface area contributed by atoms with Crippen LogP contribution >= 0.6 is 0 Å². The lowest BCUT2D eigenvalue weighted by Gasteiger charge is -2.31. The smallest absolute Gasteiger partial charge is 0.424 e. The van der Waals surface area contributed by atoms with E-state index in [4.69, 9.17) is 10.5 Å². The molecule has 1 aliphatic heterocycles. The molecule has 0 aliphatic carbocycles. The molecule has 5 aromatic rings. The zero-order valence-corrected chi connectivity index (χ0v) is 24.8. The number of primary amides is 1. The minimum absolute atomic E-state index is 0.0314. The van der Waals surface area contributed by atoms with Gasteiger partial charge in [0.2, 0.25) is 11.5 Å². The number of amides is 2. The van der Waals surface area contributed by atoms with Crippen LogP contribution in [0, 0.1) is 5.82 Å². The average Bonchev–Trinajstić information content (AvgIpc) is 3.67. The largest absolute Gasteiger partial charge is 0.489 e. The van der Waals surface area contributed by atoms with E-state index in [1.54, 1.807) is 60.7 Å². The van der Waals surface area contributed by atoms with Crippen molar-refractivity contribution < 1.29 is 37.0 Å². The summed E-state index contributed by atoms with van der Waals surface area (Å²) in [5.41, 5.74) is 0.609. The highest BCUT2D eigenvalue weighted by Gasteiger charge is 2.57. The fraction of sp³-hybridized carbons (Fsp3) is 0.176. The third-order valence-electron chi connectivity index (χ3n) is 8.16. The zero-order chi connectivity index (χ0) is 33.6. The number of fused-ring (bicyclic) bond motifs is 1. The van der Waals surface area contributed by atoms with Crippen LogP contribution in [0.2, 0.25) is 0 Å². The van der Waals surface area contributed by atoms with Crippen LogP contribution in [-0.2, 0) is 15.8 Å². The van der Waals surface area contributed by atoms with Gasteiger partial charge in [-0.1, -0.05) is 48.5 Å². The number of nitrogens with zero attached hydrogens (tertiary/aromatic N) is 3. The van der Waals surface area contributed by atoms with Crippen molar-refractivity contribution in [2.45, 2.75) is 24.1 Å². The van der Waals surface area contributed by atoms with Gasteiger partial charge in [0.15, 0.2) is 0 Å². The number of aliphatic hydroxyl groups is 1. The summed E-state index contributed by atoms with van der Waals surface area (Å²) in [6.45, 7) is -0.266. The van der Waals surface area contributed by atoms with Gasteiger partial charge in [-0.25, -0.2) is 14.1 Å². The van der Waals surface area contributed by atoms with E-state index in [0.717, 1.165) is 18.2 Å². The summed E-state index contributed by atoms with van der Waals surface area (Å²) in [5.74, 6) is -2.47. The number of para-hydroxylation sites is 1. The lowest BCUT2D eigenvalue weighted by molar-refractivity contribution is -0.265. The Labute approximate surface area is 265 Å². The Morgan fingerprint density at radius 3 is 2.21 bits per heavy atom. The van der Waals surface area contributed by atoms with Crippen LogP contribution in [0.25, 0.3) is 28.2 Å². The van der Waals surface area contributed by atoms with Gasteiger partial charge in [-0.2, -0.15) is 18.3 Å². The molecule has 0 saturated heterocycles. The van der Waals surface area contributed by atoms with E-state index in [1.807, 2.05) is 0 Å². The van der Waals surface area contributed by atoms with Crippen LogP contribution in [0.3, 0.4) is 0 Å². The number of carbonyl (C=O) groups is 2. The molecule has 47 heavy (non-hydrogen) atoms. The molecule has 2 amide bonds. The van der Waals surface area contributed by atoms with Crippen molar-refractivity contribution in [1.82, 2.24) is 20.1 Å². The van der Waals surface area contributed by atoms with E-state index in [0.29, 0.717) is 11.3 Å². The Morgan fingerprint density at radius 1 is 0.979 bits per heavy atom. The van der Waals surface area contributed by atoms with Crippen LogP contribution < -0.4 is 15.8 Å². The number of alkyl halides is 3. The highest BCUT2D eigenvalue weighted by atomic mass is 19.4. The molecule has 0 spiro atoms. The van der Waals surface area contributed by atoms with E-state index in [2.05, 4.69) is 15.4 Å². The molecule has 0 saturated carbocycles. The first-order chi connectivity index (χ1) is 22.3. The number of aromatic nitrogens is 3. The molecule has 2 aromatic heterocycles. The minimum Gasteiger partial charge on any atom is -0.489 e. The van der Waals surface area contributed by atoms with Gasteiger partial charge in [-0.05, 0) is 49.4 Å². The molecule has 0 radical (unpaired) electrons. The minimum atomic E-state index is -5.37. The molecule has 0 fully saturated rings. The number of benzene rings is 3. The predicted octanol–water partition coefficient (Wildman–Crippen LogP) is 5.06. The number of hydrogen-bond acceptors (Lipinski definition) is 6. The number of rotatable bonds is 8. The molecule has 1 unspecified atom stereocenters. The number of halogens is 4. The third kappa shape index (κ3) is 5.58. The van der Waals surface area contributed by atoms with Gasteiger partial charge in [-0.3, -0.25) is 9.59 Å². The van der Waals surface area contributed by atoms with Crippen LogP contribution in [-0.4, -0.2) is 51.0 Å². The summed E-state index contributed by atoms with van der Waals surface area (Å²) in [4.78, 5) is 30.2. The molecule has 240 valence electrons. The van der Waals surface area contributed by atoms with Gasteiger partial charge in [0.05, 0.1) is 23.5 Å². The monoisotopic (exact) mass is 645 g/mol. The molecule has 2 atom stereocenters. The first-order valence-electron chi connectivity index (χ1n) is 14.3. The van der Waals surface area contributed by atoms with Crippen molar-refractivity contribution in [3.8, 4) is 34.0 Å². The summed E-state index contributed by atoms with van der Waals surface area (Å²) in [6, 6.07) is 23.0. The second kappa shape index (κ2) is 11.7. The number of carbonyl (C=O) groups excluding carboxylic acids is 2. The molecule has 9 nitrogen and oxygen atoms in total. The molecular formula is C34H27F4N5O4. The maximum Gasteiger partial charge on any atom is 0.424 e. The molecule has 13 heteroatoms. The average molecular weight is 646 g/mol. The first kappa shape index (κ1) is 31.4. The standard InChI is InChI=1S/C34H27F4N5O4/c1-32(31(39)45)19-47-29-25(32)16-26(41-28(29)21-12-14-22(35)15-13-21)33(46,34(36,37)38)18-40-30(44)24-17-43(23-10-6-3-7-11-23)42-27(24)20-8-4-2-5-9-20/h2-17,46H,18-19H2,1H3,(H2,39,45)(H,40,44)/t32-,33?/m0/s1. The van der Waals surface area contributed by atoms with Gasteiger partial charge in [0, 0.05) is 22.9 Å². The Hall–Kier alpha value is -5.56. The fourth-order valence-electron chi connectivity index (χ4n) is 5.30. The Bertz CT molecular complexity index is 1970. The van der Waals surface area contributed by atoms with E-state index >= 15 is 0 Å². The third-order valence-corrected chi connectivity index (χ3v) is 8.16. The number of nitrogens with one attached hydrogen (secondary N) is 1. The number of hydrogen-bond donors (Lipinski definition) is 3. The summed E-state index contributed by atoms with van der Waals surface area (Å²) in [7, 11) is 0. The number of pyridine rings is 1. The zero-order valence-electron chi connectivity index (χ0n) is 24.8. The Morgan fingerprint density at radius 2 is 1.60 bits per heavy atom. The van der Waals surface area contributed by atoms with Crippen LogP contribution in [0.1, 0.15) is 28.5 Å². The van der Waals surface area contributed by atoms with Crippen molar-refractivity contribution in [3.05, 3.63) is 120 Å². The lowest BCUT2D eigenvalue weighted by atomic mass is 9.81. The van der Waals surface area contributed by atoms with Crippen molar-refractivity contribution >= 4 is 11.8 Å². The van der Waals surface area contributed by atoms with Crippen LogP contribution in [0.15, 0.2) is 97.2 Å². The molecule has 3 heterocycles. The number of ether oxygens (including phenoxy) is 1. The molecular weight excluding hydrogens is 618 g/mol. The van der Waals surface area contributed by atoms with Crippen molar-refractivity contribution in [2.75, 3.05) is 13.2 Å². The van der Waals surface area contributed by atoms with Crippen LogP contribution in [0.5, 0.6) is 5.75 Å². The summed E-state index contributed by atoms with van der Waals surface area (Å²) in [6.07, 6.45) is -3.99. The second-order valence-electron chi connectivity index (χ2n) is 11.3. The van der Waals surface area contributed by atoms with Gasteiger partial charge < -0.3 is 20.9 Å². The molecule has 1 aliphatic rings. The maximum absolute atomic E-state index is 14.9. The van der Waals surface area contributed by atoms with Gasteiger partial charge >= 0.3 is 6.18 Å². The second-order valence-corrected chi connectivity index (χ2v) is 11.3. The molecule has 3 aromatic carbocycles. The lowest BCUT2D eigenvalue weighted by Crippen LogP contribution is -2.51. The fourth-order valence-corrected chi connectivity index (χ4v) is 5.30. The summed E-state index contributed by atoms with van der Waals surface area (Å²) >= 11 is 0. The first-order valence-corrected chi connectivity index (χ1v) is 14.3.